The summed E-state index contributed by atoms with van der Waals surface area (Å²) < 4.78 is 10.8. The molecule has 0 spiro atoms. The van der Waals surface area contributed by atoms with Crippen molar-refractivity contribution in [3.63, 3.8) is 0 Å². The first kappa shape index (κ1) is 27.7. The van der Waals surface area contributed by atoms with E-state index in [1.807, 2.05) is 30.3 Å². The van der Waals surface area contributed by atoms with Crippen molar-refractivity contribution in [1.29, 1.82) is 5.26 Å². The fourth-order valence-corrected chi connectivity index (χ4v) is 4.55. The number of hydrogen-bond acceptors (Lipinski definition) is 6. The van der Waals surface area contributed by atoms with Crippen LogP contribution in [0.5, 0.6) is 11.5 Å². The van der Waals surface area contributed by atoms with Gasteiger partial charge >= 0.3 is 0 Å². The van der Waals surface area contributed by atoms with E-state index in [0.717, 1.165) is 56.0 Å². The fraction of sp³-hybridized carbons (Fsp3) is 0.536. The van der Waals surface area contributed by atoms with Gasteiger partial charge in [-0.05, 0) is 72.7 Å². The molecule has 6 heteroatoms. The highest BCUT2D eigenvalue weighted by Crippen LogP contribution is 2.37. The molecule has 2 rings (SSSR count). The molecule has 0 aromatic heterocycles. The Labute approximate surface area is 204 Å². The fourth-order valence-electron chi connectivity index (χ4n) is 4.55. The molecular formula is C28H40N2O4. The lowest BCUT2D eigenvalue weighted by Gasteiger charge is -2.33. The Kier molecular flexibility index (Phi) is 10.8. The van der Waals surface area contributed by atoms with Crippen LogP contribution in [0.15, 0.2) is 36.4 Å². The Morgan fingerprint density at radius 3 is 2.24 bits per heavy atom. The Morgan fingerprint density at radius 1 is 0.971 bits per heavy atom. The number of aliphatic hydroxyl groups excluding tert-OH is 2. The van der Waals surface area contributed by atoms with Crippen molar-refractivity contribution in [2.24, 2.45) is 5.92 Å². The number of benzene rings is 2. The minimum absolute atomic E-state index is 0.117. The molecule has 0 amide bonds. The summed E-state index contributed by atoms with van der Waals surface area (Å²) in [5.74, 6) is 1.59. The number of nitrogens with zero attached hydrogens (tertiary/aromatic N) is 2. The zero-order chi connectivity index (χ0) is 25.1. The largest absolute Gasteiger partial charge is 0.493 e. The highest BCUT2D eigenvalue weighted by molar-refractivity contribution is 5.43. The summed E-state index contributed by atoms with van der Waals surface area (Å²) in [4.78, 5) is 2.41. The van der Waals surface area contributed by atoms with E-state index in [2.05, 4.69) is 37.8 Å². The first-order valence-electron chi connectivity index (χ1n) is 12.1. The van der Waals surface area contributed by atoms with Crippen molar-refractivity contribution in [2.45, 2.75) is 58.7 Å². The molecule has 186 valence electrons. The number of methoxy groups -OCH3 is 2. The molecule has 0 aliphatic rings. The molecule has 2 aromatic rings. The molecule has 0 saturated heterocycles. The molecule has 0 aliphatic carbocycles. The number of likely N-dealkylation sites (N-methyl/N-ethyl adjacent to an activating group) is 1. The lowest BCUT2D eigenvalue weighted by atomic mass is 9.69. The lowest BCUT2D eigenvalue weighted by molar-refractivity contribution is 0.257. The second kappa shape index (κ2) is 13.3. The molecule has 1 unspecified atom stereocenters. The van der Waals surface area contributed by atoms with Crippen LogP contribution >= 0.6 is 0 Å². The summed E-state index contributed by atoms with van der Waals surface area (Å²) in [6, 6.07) is 14.3. The maximum Gasteiger partial charge on any atom is 0.160 e. The zero-order valence-electron chi connectivity index (χ0n) is 21.3. The van der Waals surface area contributed by atoms with Crippen LogP contribution in [-0.2, 0) is 25.0 Å². The third kappa shape index (κ3) is 6.50. The molecule has 0 radical (unpaired) electrons. The lowest BCUT2D eigenvalue weighted by Crippen LogP contribution is -2.33. The molecule has 2 aromatic carbocycles. The van der Waals surface area contributed by atoms with Crippen LogP contribution in [-0.4, -0.2) is 49.0 Å². The van der Waals surface area contributed by atoms with E-state index in [9.17, 15) is 15.5 Å². The first-order valence-corrected chi connectivity index (χ1v) is 12.1. The average Bonchev–Trinajstić information content (AvgIpc) is 2.87. The number of nitriles is 1. The number of hydrogen-bond donors (Lipinski definition) is 2. The Bertz CT molecular complexity index is 954. The van der Waals surface area contributed by atoms with Crippen molar-refractivity contribution >= 4 is 0 Å². The third-order valence-electron chi connectivity index (χ3n) is 6.90. The van der Waals surface area contributed by atoms with Crippen LogP contribution in [0.2, 0.25) is 0 Å². The van der Waals surface area contributed by atoms with E-state index in [-0.39, 0.29) is 19.1 Å². The molecule has 1 atom stereocenters. The zero-order valence-corrected chi connectivity index (χ0v) is 21.3. The number of aliphatic hydroxyl groups is 2. The maximum atomic E-state index is 10.3. The molecule has 2 N–H and O–H groups in total. The Morgan fingerprint density at radius 2 is 1.68 bits per heavy atom. The van der Waals surface area contributed by atoms with Crippen LogP contribution < -0.4 is 9.47 Å². The van der Waals surface area contributed by atoms with E-state index >= 15 is 0 Å². The minimum Gasteiger partial charge on any atom is -0.493 e. The van der Waals surface area contributed by atoms with Crippen LogP contribution in [0.4, 0.5) is 0 Å². The van der Waals surface area contributed by atoms with E-state index < -0.39 is 5.41 Å². The summed E-state index contributed by atoms with van der Waals surface area (Å²) in [7, 11) is 3.29. The van der Waals surface area contributed by atoms with Crippen molar-refractivity contribution < 1.29 is 19.7 Å². The second-order valence-corrected chi connectivity index (χ2v) is 9.01. The van der Waals surface area contributed by atoms with Gasteiger partial charge in [0.15, 0.2) is 11.5 Å². The third-order valence-corrected chi connectivity index (χ3v) is 6.90. The summed E-state index contributed by atoms with van der Waals surface area (Å²) in [5.41, 5.74) is 2.87. The number of rotatable bonds is 14. The van der Waals surface area contributed by atoms with Crippen LogP contribution in [0.3, 0.4) is 0 Å². The van der Waals surface area contributed by atoms with E-state index in [1.54, 1.807) is 14.2 Å². The first-order chi connectivity index (χ1) is 16.4. The quantitative estimate of drug-likeness (QED) is 0.426. The summed E-state index contributed by atoms with van der Waals surface area (Å²) >= 11 is 0. The van der Waals surface area contributed by atoms with Crippen molar-refractivity contribution in [3.8, 4) is 17.6 Å². The normalized spacial score (nSPS) is 13.1. The molecule has 6 nitrogen and oxygen atoms in total. The van der Waals surface area contributed by atoms with Gasteiger partial charge in [0.25, 0.3) is 0 Å². The molecule has 0 bridgehead atoms. The smallest absolute Gasteiger partial charge is 0.160 e. The summed E-state index contributed by atoms with van der Waals surface area (Å²) in [6.45, 7) is 8.82. The minimum atomic E-state index is -0.638. The van der Waals surface area contributed by atoms with Gasteiger partial charge in [-0.3, -0.25) is 0 Å². The molecule has 0 heterocycles. The predicted molar refractivity (Wildman–Crippen MR) is 135 cm³/mol. The van der Waals surface area contributed by atoms with Crippen LogP contribution in [0.1, 0.15) is 55.9 Å². The van der Waals surface area contributed by atoms with Gasteiger partial charge in [0.1, 0.15) is 0 Å². The van der Waals surface area contributed by atoms with Gasteiger partial charge in [0.2, 0.25) is 0 Å². The average molecular weight is 469 g/mol. The maximum absolute atomic E-state index is 10.3. The van der Waals surface area contributed by atoms with Crippen molar-refractivity contribution in [1.82, 2.24) is 4.90 Å². The van der Waals surface area contributed by atoms with Crippen molar-refractivity contribution in [3.05, 3.63) is 58.7 Å². The van der Waals surface area contributed by atoms with Gasteiger partial charge in [0.05, 0.1) is 38.9 Å². The second-order valence-electron chi connectivity index (χ2n) is 9.01. The number of ether oxygens (including phenoxy) is 2. The molecule has 0 saturated carbocycles. The summed E-state index contributed by atoms with van der Waals surface area (Å²) in [6.07, 6.45) is 2.53. The molecule has 34 heavy (non-hydrogen) atoms. The predicted octanol–water partition coefficient (Wildman–Crippen LogP) is 4.45. The Balaban J connectivity index is 2.07. The molecule has 0 fully saturated rings. The van der Waals surface area contributed by atoms with E-state index in [4.69, 9.17) is 9.47 Å². The highest BCUT2D eigenvalue weighted by atomic mass is 16.5. The van der Waals surface area contributed by atoms with E-state index in [0.29, 0.717) is 11.1 Å². The van der Waals surface area contributed by atoms with Gasteiger partial charge in [-0.1, -0.05) is 45.0 Å². The van der Waals surface area contributed by atoms with E-state index in [1.165, 1.54) is 5.56 Å². The monoisotopic (exact) mass is 468 g/mol. The van der Waals surface area contributed by atoms with Gasteiger partial charge < -0.3 is 24.6 Å². The Hall–Kier alpha value is -2.59. The van der Waals surface area contributed by atoms with Gasteiger partial charge in [-0.2, -0.15) is 5.26 Å². The van der Waals surface area contributed by atoms with Crippen LogP contribution in [0.25, 0.3) is 0 Å². The SMILES string of the molecule is CCN(CCCC(C#N)(c1ccc(CO)c(CO)c1)C(C)C)CCc1ccc(OC)c(OC)c1. The van der Waals surface area contributed by atoms with Gasteiger partial charge in [-0.25, -0.2) is 0 Å². The van der Waals surface area contributed by atoms with Crippen molar-refractivity contribution in [2.75, 3.05) is 33.9 Å². The summed E-state index contributed by atoms with van der Waals surface area (Å²) in [5, 5.41) is 29.5. The topological polar surface area (TPSA) is 86.0 Å². The molecular weight excluding hydrogens is 428 g/mol. The van der Waals surface area contributed by atoms with Crippen LogP contribution in [0, 0.1) is 17.2 Å². The van der Waals surface area contributed by atoms with Gasteiger partial charge in [-0.15, -0.1) is 0 Å². The standard InChI is InChI=1S/C28H40N2O4/c1-6-30(15-12-22-8-11-26(33-4)27(16-22)34-5)14-7-13-28(20-29,21(2)3)25-10-9-23(18-31)24(17-25)19-32/h8-11,16-17,21,31-32H,6-7,12-15,18-19H2,1-5H3. The highest BCUT2D eigenvalue weighted by Gasteiger charge is 2.36. The van der Waals surface area contributed by atoms with Gasteiger partial charge in [0, 0.05) is 6.54 Å². The molecule has 0 aliphatic heterocycles.